The fourth-order valence-electron chi connectivity index (χ4n) is 10.2. The minimum atomic E-state index is -0.783. The summed E-state index contributed by atoms with van der Waals surface area (Å²) in [5, 5.41) is 0. The van der Waals surface area contributed by atoms with Crippen molar-refractivity contribution in [2.75, 3.05) is 13.2 Å². The van der Waals surface area contributed by atoms with Crippen LogP contribution in [0, 0.1) is 0 Å². The maximum atomic E-state index is 13.0. The zero-order valence-electron chi connectivity index (χ0n) is 54.9. The van der Waals surface area contributed by atoms with Gasteiger partial charge >= 0.3 is 17.9 Å². The number of carbonyl (C=O) groups excluding carboxylic acids is 3. The number of allylic oxidation sites excluding steroid dienone is 16. The summed E-state index contributed by atoms with van der Waals surface area (Å²) in [6, 6.07) is 0. The van der Waals surface area contributed by atoms with Crippen molar-refractivity contribution in [2.24, 2.45) is 0 Å². The molecular weight excluding hydrogens is 1020 g/mol. The van der Waals surface area contributed by atoms with Gasteiger partial charge in [-0.15, -0.1) is 0 Å². The average molecular weight is 1160 g/mol. The van der Waals surface area contributed by atoms with Crippen LogP contribution in [0.2, 0.25) is 0 Å². The third kappa shape index (κ3) is 69.0. The number of hydrogen-bond donors (Lipinski definition) is 0. The molecule has 1 unspecified atom stereocenters. The molecule has 0 aliphatic heterocycles. The first kappa shape index (κ1) is 79.3. The molecule has 0 rings (SSSR count). The summed E-state index contributed by atoms with van der Waals surface area (Å²) < 4.78 is 17.0. The van der Waals surface area contributed by atoms with E-state index in [1.165, 1.54) is 199 Å². The second-order valence-corrected chi connectivity index (χ2v) is 23.8. The Labute approximate surface area is 515 Å². The zero-order chi connectivity index (χ0) is 59.9. The predicted octanol–water partition coefficient (Wildman–Crippen LogP) is 24.8. The molecule has 83 heavy (non-hydrogen) atoms. The monoisotopic (exact) mass is 1160 g/mol. The van der Waals surface area contributed by atoms with Gasteiger partial charge in [-0.1, -0.05) is 330 Å². The van der Waals surface area contributed by atoms with E-state index >= 15 is 0 Å². The van der Waals surface area contributed by atoms with Crippen LogP contribution in [-0.2, 0) is 28.6 Å². The molecule has 0 aliphatic rings. The third-order valence-electron chi connectivity index (χ3n) is 15.6. The lowest BCUT2D eigenvalue weighted by Gasteiger charge is -2.18. The Morgan fingerprint density at radius 2 is 0.470 bits per heavy atom. The van der Waals surface area contributed by atoms with Gasteiger partial charge < -0.3 is 14.2 Å². The number of unbranched alkanes of at least 4 members (excludes halogenated alkanes) is 38. The van der Waals surface area contributed by atoms with Crippen LogP contribution >= 0.6 is 0 Å². The van der Waals surface area contributed by atoms with Crippen molar-refractivity contribution in [2.45, 2.75) is 361 Å². The molecule has 0 fully saturated rings. The van der Waals surface area contributed by atoms with Gasteiger partial charge in [-0.05, 0) is 103 Å². The molecule has 1 atom stereocenters. The largest absolute Gasteiger partial charge is 0.462 e. The Morgan fingerprint density at radius 1 is 0.253 bits per heavy atom. The molecular formula is C77H134O6. The van der Waals surface area contributed by atoms with Crippen LogP contribution in [-0.4, -0.2) is 37.2 Å². The lowest BCUT2D eigenvalue weighted by Crippen LogP contribution is -2.30. The minimum absolute atomic E-state index is 0.0794. The molecule has 0 amide bonds. The van der Waals surface area contributed by atoms with Crippen molar-refractivity contribution in [1.29, 1.82) is 0 Å². The molecule has 0 saturated carbocycles. The summed E-state index contributed by atoms with van der Waals surface area (Å²) in [6.45, 7) is 6.56. The molecule has 6 nitrogen and oxygen atoms in total. The molecule has 0 saturated heterocycles. The second-order valence-electron chi connectivity index (χ2n) is 23.8. The van der Waals surface area contributed by atoms with Crippen LogP contribution in [0.15, 0.2) is 97.2 Å². The van der Waals surface area contributed by atoms with Crippen LogP contribution < -0.4 is 0 Å². The Bertz CT molecular complexity index is 1610. The van der Waals surface area contributed by atoms with E-state index < -0.39 is 6.10 Å². The smallest absolute Gasteiger partial charge is 0.306 e. The van der Waals surface area contributed by atoms with Crippen molar-refractivity contribution in [3.8, 4) is 0 Å². The molecule has 0 spiro atoms. The highest BCUT2D eigenvalue weighted by Crippen LogP contribution is 2.17. The van der Waals surface area contributed by atoms with Gasteiger partial charge in [0.05, 0.1) is 0 Å². The summed E-state index contributed by atoms with van der Waals surface area (Å²) in [6.07, 6.45) is 95.7. The Hall–Kier alpha value is -3.67. The van der Waals surface area contributed by atoms with Crippen LogP contribution in [0.25, 0.3) is 0 Å². The van der Waals surface area contributed by atoms with Gasteiger partial charge in [0.2, 0.25) is 0 Å². The fourth-order valence-corrected chi connectivity index (χ4v) is 10.2. The lowest BCUT2D eigenvalue weighted by atomic mass is 10.0. The SMILES string of the molecule is CC/C=C\C/C=C\C/C=C\C/C=C\C/C=C\C/C=C\C/C=C\CCCCCCCCCCCC(=O)OCC(COC(=O)CCCCCCC/C=C\CCCCCCCCC)OC(=O)CCCCCCCCCCCCCCCCCCCC. The maximum Gasteiger partial charge on any atom is 0.306 e. The highest BCUT2D eigenvalue weighted by molar-refractivity contribution is 5.71. The first-order valence-corrected chi connectivity index (χ1v) is 35.7. The number of hydrogen-bond acceptors (Lipinski definition) is 6. The summed E-state index contributed by atoms with van der Waals surface area (Å²) in [7, 11) is 0. The molecule has 0 aromatic heterocycles. The lowest BCUT2D eigenvalue weighted by molar-refractivity contribution is -0.167. The number of esters is 3. The average Bonchev–Trinajstić information content (AvgIpc) is 3.49. The highest BCUT2D eigenvalue weighted by atomic mass is 16.6. The Morgan fingerprint density at radius 3 is 0.747 bits per heavy atom. The zero-order valence-corrected chi connectivity index (χ0v) is 54.9. The standard InChI is InChI=1S/C77H134O6/c1-4-7-10-13-16-19-22-25-28-31-33-34-35-36-37-38-39-40-41-42-43-44-45-47-49-52-55-58-61-64-67-70-76(79)82-73-74(72-81-75(78)69-66-63-60-57-54-51-48-30-27-24-21-18-15-12-9-6-3)83-77(80)71-68-65-62-59-56-53-50-46-32-29-26-23-20-17-14-11-8-5-2/h7,10,16,19,25,28,30,33-34,36-37,39-40,42-43,48,74H,4-6,8-9,11-15,17-18,20-24,26-27,29,31-32,35,38,41,44-47,49-73H2,1-3H3/b10-7-,19-16-,28-25-,34-33-,37-36-,40-39-,43-42-,48-30-. The Balaban J connectivity index is 4.31. The third-order valence-corrected chi connectivity index (χ3v) is 15.6. The van der Waals surface area contributed by atoms with E-state index in [0.717, 1.165) is 116 Å². The molecule has 0 aliphatic carbocycles. The number of rotatable bonds is 65. The molecule has 6 heteroatoms. The van der Waals surface area contributed by atoms with Crippen molar-refractivity contribution in [3.63, 3.8) is 0 Å². The summed E-state index contributed by atoms with van der Waals surface area (Å²) in [4.78, 5) is 38.5. The quantitative estimate of drug-likeness (QED) is 0.0261. The molecule has 0 N–H and O–H groups in total. The van der Waals surface area contributed by atoms with Crippen molar-refractivity contribution < 1.29 is 28.6 Å². The maximum absolute atomic E-state index is 13.0. The topological polar surface area (TPSA) is 78.9 Å². The fraction of sp³-hybridized carbons (Fsp3) is 0.753. The van der Waals surface area contributed by atoms with Crippen molar-refractivity contribution >= 4 is 17.9 Å². The number of ether oxygens (including phenoxy) is 3. The minimum Gasteiger partial charge on any atom is -0.462 e. The van der Waals surface area contributed by atoms with Gasteiger partial charge in [-0.3, -0.25) is 14.4 Å². The first-order valence-electron chi connectivity index (χ1n) is 35.7. The van der Waals surface area contributed by atoms with Gasteiger partial charge in [0.15, 0.2) is 6.10 Å². The van der Waals surface area contributed by atoms with Crippen molar-refractivity contribution in [3.05, 3.63) is 97.2 Å². The van der Waals surface area contributed by atoms with Crippen LogP contribution in [0.3, 0.4) is 0 Å². The molecule has 0 heterocycles. The molecule has 0 bridgehead atoms. The molecule has 0 aromatic rings. The summed E-state index contributed by atoms with van der Waals surface area (Å²) >= 11 is 0. The van der Waals surface area contributed by atoms with Gasteiger partial charge in [-0.2, -0.15) is 0 Å². The normalized spacial score (nSPS) is 12.7. The molecule has 478 valence electrons. The van der Waals surface area contributed by atoms with E-state index in [9.17, 15) is 14.4 Å². The van der Waals surface area contributed by atoms with E-state index in [2.05, 4.69) is 118 Å². The van der Waals surface area contributed by atoms with E-state index in [1.807, 2.05) is 0 Å². The Kier molecular flexibility index (Phi) is 67.7. The molecule has 0 aromatic carbocycles. The molecule has 0 radical (unpaired) electrons. The van der Waals surface area contributed by atoms with E-state index in [-0.39, 0.29) is 31.1 Å². The van der Waals surface area contributed by atoms with E-state index in [1.54, 1.807) is 0 Å². The second kappa shape index (κ2) is 70.8. The summed E-state index contributed by atoms with van der Waals surface area (Å²) in [5.74, 6) is -0.874. The van der Waals surface area contributed by atoms with Gasteiger partial charge in [0, 0.05) is 19.3 Å². The summed E-state index contributed by atoms with van der Waals surface area (Å²) in [5.41, 5.74) is 0. The van der Waals surface area contributed by atoms with Crippen LogP contribution in [0.1, 0.15) is 355 Å². The van der Waals surface area contributed by atoms with Crippen molar-refractivity contribution in [1.82, 2.24) is 0 Å². The number of carbonyl (C=O) groups is 3. The first-order chi connectivity index (χ1) is 41.0. The highest BCUT2D eigenvalue weighted by Gasteiger charge is 2.19. The van der Waals surface area contributed by atoms with Gasteiger partial charge in [0.25, 0.3) is 0 Å². The van der Waals surface area contributed by atoms with Gasteiger partial charge in [-0.25, -0.2) is 0 Å². The van der Waals surface area contributed by atoms with Gasteiger partial charge in [0.1, 0.15) is 13.2 Å². The predicted molar refractivity (Wildman–Crippen MR) is 362 cm³/mol. The van der Waals surface area contributed by atoms with E-state index in [0.29, 0.717) is 19.3 Å². The van der Waals surface area contributed by atoms with E-state index in [4.69, 9.17) is 14.2 Å². The van der Waals surface area contributed by atoms with Crippen LogP contribution in [0.5, 0.6) is 0 Å². The van der Waals surface area contributed by atoms with Crippen LogP contribution in [0.4, 0.5) is 0 Å².